The van der Waals surface area contributed by atoms with Crippen LogP contribution in [0.5, 0.6) is 0 Å². The molecule has 2 aromatic heterocycles. The fraction of sp³-hybridized carbons (Fsp3) is 0.243. The Balaban J connectivity index is 1.32. The van der Waals surface area contributed by atoms with E-state index < -0.39 is 23.8 Å². The van der Waals surface area contributed by atoms with Gasteiger partial charge in [-0.15, -0.1) is 0 Å². The van der Waals surface area contributed by atoms with Crippen molar-refractivity contribution in [2.45, 2.75) is 51.2 Å². The summed E-state index contributed by atoms with van der Waals surface area (Å²) in [5.74, 6) is -0.491. The SMILES string of the molecule is CC(C)c1ccc(-c2cc(C(F)(F)F)n3nc(C(=O)N4N=C5/C(=C/c6ccc(Cl)cc6)CCCC5C4c4ccc(Cl)cc4)cc3n2)cc1. The second-order valence-electron chi connectivity index (χ2n) is 12.5. The standard InChI is InChI=1S/C37H30Cl2F3N5O/c1-21(2)23-8-10-24(11-9-23)30-19-32(37(40,41)42)46-33(43-30)20-31(44-46)36(48)47-35(25-12-16-28(39)17-13-25)29-5-3-4-26(34(29)45-47)18-22-6-14-27(38)15-7-22/h6-21,29,35H,3-5H2,1-2H3/b26-18+. The van der Waals surface area contributed by atoms with Crippen molar-refractivity contribution in [2.24, 2.45) is 11.0 Å². The maximum Gasteiger partial charge on any atom is 0.433 e. The minimum atomic E-state index is -4.75. The van der Waals surface area contributed by atoms with Gasteiger partial charge in [-0.1, -0.05) is 85.6 Å². The zero-order chi connectivity index (χ0) is 33.7. The first-order valence-electron chi connectivity index (χ1n) is 15.7. The molecule has 1 aliphatic heterocycles. The molecule has 1 saturated carbocycles. The molecular formula is C37H30Cl2F3N5O. The molecule has 1 amide bonds. The number of hydrogen-bond acceptors (Lipinski definition) is 4. The van der Waals surface area contributed by atoms with Crippen molar-refractivity contribution < 1.29 is 18.0 Å². The summed E-state index contributed by atoms with van der Waals surface area (Å²) >= 11 is 12.3. The van der Waals surface area contributed by atoms with Crippen molar-refractivity contribution in [3.8, 4) is 11.3 Å². The van der Waals surface area contributed by atoms with Crippen LogP contribution >= 0.6 is 23.2 Å². The molecule has 2 aliphatic rings. The Morgan fingerprint density at radius 3 is 2.25 bits per heavy atom. The van der Waals surface area contributed by atoms with Gasteiger partial charge in [0, 0.05) is 27.6 Å². The average Bonchev–Trinajstić information content (AvgIpc) is 3.68. The highest BCUT2D eigenvalue weighted by atomic mass is 35.5. The lowest BCUT2D eigenvalue weighted by molar-refractivity contribution is -0.142. The number of amides is 1. The number of alkyl halides is 3. The summed E-state index contributed by atoms with van der Waals surface area (Å²) < 4.78 is 44.0. The number of hydrogen-bond donors (Lipinski definition) is 0. The van der Waals surface area contributed by atoms with Gasteiger partial charge in [0.2, 0.25) is 0 Å². The van der Waals surface area contributed by atoms with Gasteiger partial charge in [0.1, 0.15) is 0 Å². The van der Waals surface area contributed by atoms with Crippen molar-refractivity contribution in [3.05, 3.63) is 129 Å². The lowest BCUT2D eigenvalue weighted by Gasteiger charge is -2.29. The fourth-order valence-corrected chi connectivity index (χ4v) is 6.76. The molecule has 244 valence electrons. The molecule has 48 heavy (non-hydrogen) atoms. The number of hydrazone groups is 1. The summed E-state index contributed by atoms with van der Waals surface area (Å²) in [5, 5.41) is 11.6. The van der Waals surface area contributed by atoms with Gasteiger partial charge in [-0.3, -0.25) is 4.79 Å². The highest BCUT2D eigenvalue weighted by Crippen LogP contribution is 2.45. The van der Waals surface area contributed by atoms with Gasteiger partial charge in [-0.05, 0) is 83.9 Å². The molecule has 6 nitrogen and oxygen atoms in total. The highest BCUT2D eigenvalue weighted by Gasteiger charge is 2.45. The first-order chi connectivity index (χ1) is 23.0. The third-order valence-electron chi connectivity index (χ3n) is 8.94. The molecule has 0 N–H and O–H groups in total. The molecule has 11 heteroatoms. The van der Waals surface area contributed by atoms with E-state index in [1.54, 1.807) is 24.3 Å². The quantitative estimate of drug-likeness (QED) is 0.185. The van der Waals surface area contributed by atoms with Crippen LogP contribution in [0.4, 0.5) is 13.2 Å². The van der Waals surface area contributed by atoms with Gasteiger partial charge in [-0.25, -0.2) is 14.5 Å². The number of allylic oxidation sites excluding steroid dienone is 1. The number of halogens is 5. The van der Waals surface area contributed by atoms with E-state index in [4.69, 9.17) is 28.3 Å². The van der Waals surface area contributed by atoms with Crippen LogP contribution in [0, 0.1) is 5.92 Å². The van der Waals surface area contributed by atoms with Crippen LogP contribution in [-0.2, 0) is 6.18 Å². The Labute approximate surface area is 285 Å². The second-order valence-corrected chi connectivity index (χ2v) is 13.3. The maximum atomic E-state index is 14.4. The number of carbonyl (C=O) groups is 1. The number of aromatic nitrogens is 3. The van der Waals surface area contributed by atoms with Gasteiger partial charge in [0.25, 0.3) is 5.91 Å². The van der Waals surface area contributed by atoms with Crippen LogP contribution in [0.3, 0.4) is 0 Å². The van der Waals surface area contributed by atoms with Crippen molar-refractivity contribution in [1.29, 1.82) is 0 Å². The van der Waals surface area contributed by atoms with E-state index in [0.717, 1.165) is 53.3 Å². The average molecular weight is 689 g/mol. The highest BCUT2D eigenvalue weighted by molar-refractivity contribution is 6.30. The van der Waals surface area contributed by atoms with Crippen molar-refractivity contribution in [3.63, 3.8) is 0 Å². The lowest BCUT2D eigenvalue weighted by atomic mass is 9.77. The largest absolute Gasteiger partial charge is 0.433 e. The predicted octanol–water partition coefficient (Wildman–Crippen LogP) is 10.3. The minimum Gasteiger partial charge on any atom is -0.265 e. The minimum absolute atomic E-state index is 0.0910. The zero-order valence-corrected chi connectivity index (χ0v) is 27.6. The first-order valence-corrected chi connectivity index (χ1v) is 16.4. The molecule has 0 radical (unpaired) electrons. The second kappa shape index (κ2) is 12.5. The molecule has 2 unspecified atom stereocenters. The molecule has 1 fully saturated rings. The van der Waals surface area contributed by atoms with E-state index in [0.29, 0.717) is 20.1 Å². The van der Waals surface area contributed by atoms with Gasteiger partial charge >= 0.3 is 6.18 Å². The number of benzene rings is 3. The first kappa shape index (κ1) is 32.1. The van der Waals surface area contributed by atoms with Gasteiger partial charge in [0.15, 0.2) is 17.0 Å². The van der Waals surface area contributed by atoms with Crippen molar-refractivity contribution in [1.82, 2.24) is 19.6 Å². The predicted molar refractivity (Wildman–Crippen MR) is 182 cm³/mol. The Morgan fingerprint density at radius 1 is 0.938 bits per heavy atom. The summed E-state index contributed by atoms with van der Waals surface area (Å²) in [7, 11) is 0. The molecule has 2 atom stereocenters. The number of rotatable bonds is 5. The summed E-state index contributed by atoms with van der Waals surface area (Å²) in [5.41, 5.74) is 3.94. The maximum absolute atomic E-state index is 14.4. The third kappa shape index (κ3) is 6.13. The Kier molecular flexibility index (Phi) is 8.37. The third-order valence-corrected chi connectivity index (χ3v) is 9.45. The Hall–Kier alpha value is -4.47. The van der Waals surface area contributed by atoms with Crippen LogP contribution in [0.2, 0.25) is 10.0 Å². The van der Waals surface area contributed by atoms with Crippen molar-refractivity contribution >= 4 is 46.5 Å². The van der Waals surface area contributed by atoms with Crippen LogP contribution in [0.25, 0.3) is 23.0 Å². The normalized spacial score (nSPS) is 18.9. The zero-order valence-electron chi connectivity index (χ0n) is 26.0. The Bertz CT molecular complexity index is 2070. The van der Waals surface area contributed by atoms with E-state index in [-0.39, 0.29) is 28.9 Å². The van der Waals surface area contributed by atoms with E-state index in [9.17, 15) is 18.0 Å². The summed E-state index contributed by atoms with van der Waals surface area (Å²) in [6.07, 6.45) is -0.285. The molecule has 3 aromatic carbocycles. The van der Waals surface area contributed by atoms with Gasteiger partial charge < -0.3 is 0 Å². The lowest BCUT2D eigenvalue weighted by Crippen LogP contribution is -2.32. The fourth-order valence-electron chi connectivity index (χ4n) is 6.51. The molecule has 0 spiro atoms. The van der Waals surface area contributed by atoms with E-state index in [2.05, 4.69) is 10.1 Å². The molecule has 7 rings (SSSR count). The molecule has 5 aromatic rings. The van der Waals surface area contributed by atoms with E-state index in [1.807, 2.05) is 68.5 Å². The molecule has 0 saturated heterocycles. The molecular weight excluding hydrogens is 658 g/mol. The van der Waals surface area contributed by atoms with E-state index >= 15 is 0 Å². The van der Waals surface area contributed by atoms with Crippen LogP contribution in [0.1, 0.15) is 77.9 Å². The summed E-state index contributed by atoms with van der Waals surface area (Å²) in [6, 6.07) is 23.7. The number of carbonyl (C=O) groups excluding carboxylic acids is 1. The Morgan fingerprint density at radius 2 is 1.60 bits per heavy atom. The number of nitrogens with zero attached hydrogens (tertiary/aromatic N) is 5. The van der Waals surface area contributed by atoms with Crippen LogP contribution in [-0.4, -0.2) is 31.2 Å². The number of fused-ring (bicyclic) bond motifs is 2. The summed E-state index contributed by atoms with van der Waals surface area (Å²) in [6.45, 7) is 4.08. The van der Waals surface area contributed by atoms with Crippen LogP contribution < -0.4 is 0 Å². The topological polar surface area (TPSA) is 62.9 Å². The molecule has 3 heterocycles. The molecule has 0 bridgehead atoms. The van der Waals surface area contributed by atoms with Gasteiger partial charge in [-0.2, -0.15) is 23.4 Å². The van der Waals surface area contributed by atoms with Gasteiger partial charge in [0.05, 0.1) is 17.4 Å². The summed E-state index contributed by atoms with van der Waals surface area (Å²) in [4.78, 5) is 18.8. The monoisotopic (exact) mass is 687 g/mol. The molecule has 1 aliphatic carbocycles. The van der Waals surface area contributed by atoms with Crippen LogP contribution in [0.15, 0.2) is 95.6 Å². The smallest absolute Gasteiger partial charge is 0.265 e. The van der Waals surface area contributed by atoms with E-state index in [1.165, 1.54) is 11.1 Å². The van der Waals surface area contributed by atoms with Crippen molar-refractivity contribution in [2.75, 3.05) is 0 Å².